The molecule has 0 aliphatic rings. The molecule has 0 saturated carbocycles. The Morgan fingerprint density at radius 2 is 2.50 bits per heavy atom. The van der Waals surface area contributed by atoms with E-state index in [1.807, 2.05) is 0 Å². The van der Waals surface area contributed by atoms with E-state index in [2.05, 4.69) is 25.5 Å². The van der Waals surface area contributed by atoms with Gasteiger partial charge in [0.25, 0.3) is 0 Å². The fourth-order valence-electron chi connectivity index (χ4n) is 0.537. The van der Waals surface area contributed by atoms with Crippen molar-refractivity contribution < 1.29 is 9.70 Å². The van der Waals surface area contributed by atoms with Gasteiger partial charge in [-0.25, -0.2) is 0 Å². The number of nitrogens with zero attached hydrogens (tertiary/aromatic N) is 6. The van der Waals surface area contributed by atoms with Crippen molar-refractivity contribution >= 4 is 0 Å². The molecule has 12 heavy (non-hydrogen) atoms. The van der Waals surface area contributed by atoms with Crippen LogP contribution in [0.5, 0.6) is 0 Å². The number of rotatable bonds is 3. The van der Waals surface area contributed by atoms with Gasteiger partial charge in [-0.3, -0.25) is 0 Å². The van der Waals surface area contributed by atoms with Crippen LogP contribution in [-0.2, 0) is 11.6 Å². The maximum absolute atomic E-state index is 10.2. The molecule has 8 heteroatoms. The Kier molecular flexibility index (Phi) is 2.51. The standard InChI is InChI=1S/C4H8N6O2/c1-4-5-7-10(6-4)3-12-8-9(2)11/h3H2,1-2H3. The minimum Gasteiger partial charge on any atom is -0.598 e. The van der Waals surface area contributed by atoms with Crippen LogP contribution in [0.25, 0.3) is 0 Å². The lowest BCUT2D eigenvalue weighted by Crippen LogP contribution is -2.05. The van der Waals surface area contributed by atoms with Crippen LogP contribution in [0.4, 0.5) is 0 Å². The zero-order valence-electron chi connectivity index (χ0n) is 6.71. The highest BCUT2D eigenvalue weighted by molar-refractivity contribution is 4.65. The molecule has 0 aliphatic carbocycles. The highest BCUT2D eigenvalue weighted by atomic mass is 16.7. The predicted molar refractivity (Wildman–Crippen MR) is 35.6 cm³/mol. The van der Waals surface area contributed by atoms with Crippen molar-refractivity contribution in [3.8, 4) is 0 Å². The van der Waals surface area contributed by atoms with Gasteiger partial charge >= 0.3 is 0 Å². The summed E-state index contributed by atoms with van der Waals surface area (Å²) < 4.78 is 0. The van der Waals surface area contributed by atoms with Crippen LogP contribution in [0.3, 0.4) is 0 Å². The Morgan fingerprint density at radius 3 is 3.00 bits per heavy atom. The molecule has 66 valence electrons. The van der Waals surface area contributed by atoms with Gasteiger partial charge in [0.2, 0.25) is 12.0 Å². The zero-order chi connectivity index (χ0) is 8.97. The maximum atomic E-state index is 10.2. The molecule has 0 bridgehead atoms. The number of aromatic nitrogens is 4. The van der Waals surface area contributed by atoms with Crippen molar-refractivity contribution in [2.75, 3.05) is 7.05 Å². The number of hydrogen-bond donors (Lipinski definition) is 0. The minimum absolute atomic E-state index is 0.0204. The smallest absolute Gasteiger partial charge is 0.234 e. The van der Waals surface area contributed by atoms with E-state index in [9.17, 15) is 5.21 Å². The van der Waals surface area contributed by atoms with Crippen molar-refractivity contribution in [3.05, 3.63) is 11.0 Å². The molecular formula is C4H8N6O2. The quantitative estimate of drug-likeness (QED) is 0.347. The monoisotopic (exact) mass is 172 g/mol. The highest BCUT2D eigenvalue weighted by Crippen LogP contribution is 1.84. The summed E-state index contributed by atoms with van der Waals surface area (Å²) in [5.74, 6) is 0.536. The van der Waals surface area contributed by atoms with Gasteiger partial charge in [0.05, 0.1) is 0 Å². The van der Waals surface area contributed by atoms with Crippen molar-refractivity contribution in [2.45, 2.75) is 13.7 Å². The van der Waals surface area contributed by atoms with Gasteiger partial charge < -0.3 is 10.0 Å². The molecule has 0 unspecified atom stereocenters. The van der Waals surface area contributed by atoms with E-state index in [4.69, 9.17) is 0 Å². The average Bonchev–Trinajstić information content (AvgIpc) is 2.35. The molecule has 1 heterocycles. The summed E-state index contributed by atoms with van der Waals surface area (Å²) >= 11 is 0. The van der Waals surface area contributed by atoms with Crippen LogP contribution in [0, 0.1) is 12.1 Å². The maximum Gasteiger partial charge on any atom is 0.234 e. The molecule has 0 aliphatic heterocycles. The molecule has 0 aromatic carbocycles. The predicted octanol–water partition coefficient (Wildman–Crippen LogP) is -0.537. The van der Waals surface area contributed by atoms with E-state index in [-0.39, 0.29) is 6.73 Å². The van der Waals surface area contributed by atoms with E-state index < -0.39 is 0 Å². The average molecular weight is 172 g/mol. The first kappa shape index (κ1) is 8.37. The fraction of sp³-hybridized carbons (Fsp3) is 0.750. The SMILES string of the molecule is Cc1nnn(CON=[N+](C)[O-])n1. The van der Waals surface area contributed by atoms with E-state index in [0.717, 1.165) is 0 Å². The van der Waals surface area contributed by atoms with Crippen molar-refractivity contribution in [3.63, 3.8) is 0 Å². The summed E-state index contributed by atoms with van der Waals surface area (Å²) in [5.41, 5.74) is 0. The molecule has 1 aromatic rings. The largest absolute Gasteiger partial charge is 0.598 e. The number of aryl methyl sites for hydroxylation is 1. The molecule has 0 radical (unpaired) electrons. The number of hydrogen-bond acceptors (Lipinski definition) is 6. The van der Waals surface area contributed by atoms with Crippen LogP contribution in [0.15, 0.2) is 5.28 Å². The van der Waals surface area contributed by atoms with Crippen molar-refractivity contribution in [1.29, 1.82) is 0 Å². The molecule has 1 aromatic heterocycles. The second kappa shape index (κ2) is 3.60. The Morgan fingerprint density at radius 1 is 1.75 bits per heavy atom. The minimum atomic E-state index is -0.0204. The Hall–Kier alpha value is -1.73. The summed E-state index contributed by atoms with van der Waals surface area (Å²) in [6.07, 6.45) is 0. The van der Waals surface area contributed by atoms with Gasteiger partial charge in [-0.15, -0.1) is 15.0 Å². The van der Waals surface area contributed by atoms with Crippen LogP contribution >= 0.6 is 0 Å². The first-order chi connectivity index (χ1) is 5.68. The van der Waals surface area contributed by atoms with E-state index >= 15 is 0 Å². The van der Waals surface area contributed by atoms with E-state index in [1.54, 1.807) is 6.92 Å². The first-order valence-corrected chi connectivity index (χ1v) is 3.16. The summed E-state index contributed by atoms with van der Waals surface area (Å²) in [6, 6.07) is 0. The molecular weight excluding hydrogens is 164 g/mol. The highest BCUT2D eigenvalue weighted by Gasteiger charge is 1.96. The third-order valence-corrected chi connectivity index (χ3v) is 0.899. The molecule has 1 rings (SSSR count). The second-order valence-electron chi connectivity index (χ2n) is 2.01. The Labute approximate surface area is 68.0 Å². The van der Waals surface area contributed by atoms with Gasteiger partial charge in [-0.05, 0) is 12.1 Å². The Bertz CT molecular complexity index is 277. The molecule has 8 nitrogen and oxygen atoms in total. The molecule has 0 amide bonds. The van der Waals surface area contributed by atoms with Gasteiger partial charge in [-0.2, -0.15) is 0 Å². The van der Waals surface area contributed by atoms with E-state index in [1.165, 1.54) is 11.8 Å². The van der Waals surface area contributed by atoms with Gasteiger partial charge in [0.15, 0.2) is 12.9 Å². The first-order valence-electron chi connectivity index (χ1n) is 3.16. The van der Waals surface area contributed by atoms with E-state index in [0.29, 0.717) is 10.7 Å². The normalized spacial score (nSPS) is 11.7. The van der Waals surface area contributed by atoms with Crippen LogP contribution in [0.1, 0.15) is 5.82 Å². The lowest BCUT2D eigenvalue weighted by atomic mass is 10.8. The number of hydroxylamine groups is 1. The topological polar surface area (TPSA) is 91.3 Å². The molecule has 0 fully saturated rings. The zero-order valence-corrected chi connectivity index (χ0v) is 6.71. The summed E-state index contributed by atoms with van der Waals surface area (Å²) in [4.78, 5) is 6.01. The van der Waals surface area contributed by atoms with Crippen LogP contribution < -0.4 is 0 Å². The molecule has 0 N–H and O–H groups in total. The molecule has 0 atom stereocenters. The number of tetrazole rings is 1. The van der Waals surface area contributed by atoms with Crippen molar-refractivity contribution in [1.82, 2.24) is 20.2 Å². The summed E-state index contributed by atoms with van der Waals surface area (Å²) in [7, 11) is 1.21. The van der Waals surface area contributed by atoms with Crippen LogP contribution in [0.2, 0.25) is 0 Å². The lowest BCUT2D eigenvalue weighted by Gasteiger charge is -1.93. The summed E-state index contributed by atoms with van der Waals surface area (Å²) in [6.45, 7) is 1.67. The Balaban J connectivity index is 2.38. The van der Waals surface area contributed by atoms with Gasteiger partial charge in [0.1, 0.15) is 0 Å². The van der Waals surface area contributed by atoms with Crippen molar-refractivity contribution in [2.24, 2.45) is 5.28 Å². The third-order valence-electron chi connectivity index (χ3n) is 0.899. The molecule has 0 saturated heterocycles. The third kappa shape index (κ3) is 2.48. The lowest BCUT2D eigenvalue weighted by molar-refractivity contribution is -0.533. The molecule has 0 spiro atoms. The van der Waals surface area contributed by atoms with Gasteiger partial charge in [0, 0.05) is 0 Å². The van der Waals surface area contributed by atoms with Gasteiger partial charge in [-0.1, -0.05) is 4.86 Å². The fourth-order valence-corrected chi connectivity index (χ4v) is 0.537. The summed E-state index contributed by atoms with van der Waals surface area (Å²) in [5, 5.41) is 24.2. The second-order valence-corrected chi connectivity index (χ2v) is 2.01. The van der Waals surface area contributed by atoms with Crippen LogP contribution in [-0.4, -0.2) is 32.1 Å².